The highest BCUT2D eigenvalue weighted by Gasteiger charge is 2.08. The minimum absolute atomic E-state index is 0.361. The minimum atomic E-state index is 0.361. The van der Waals surface area contributed by atoms with Crippen molar-refractivity contribution in [3.05, 3.63) is 0 Å². The molecule has 1 saturated heterocycles. The zero-order chi connectivity index (χ0) is 7.23. The molecule has 0 spiro atoms. The van der Waals surface area contributed by atoms with Crippen LogP contribution in [-0.2, 0) is 4.79 Å². The topological polar surface area (TPSA) is 41.1 Å². The van der Waals surface area contributed by atoms with Gasteiger partial charge in [0.05, 0.1) is 0 Å². The summed E-state index contributed by atoms with van der Waals surface area (Å²) < 4.78 is 0. The van der Waals surface area contributed by atoms with Crippen LogP contribution in [0.25, 0.3) is 0 Å². The first-order valence-electron chi connectivity index (χ1n) is 3.84. The fraction of sp³-hybridized carbons (Fsp3) is 0.857. The monoisotopic (exact) mass is 142 g/mol. The lowest BCUT2D eigenvalue weighted by Gasteiger charge is -2.11. The molecule has 1 rings (SSSR count). The molecule has 1 unspecified atom stereocenters. The number of amides is 1. The van der Waals surface area contributed by atoms with Gasteiger partial charge in [-0.2, -0.15) is 0 Å². The average molecular weight is 142 g/mol. The Morgan fingerprint density at radius 2 is 2.40 bits per heavy atom. The van der Waals surface area contributed by atoms with Crippen LogP contribution < -0.4 is 10.6 Å². The lowest BCUT2D eigenvalue weighted by Crippen LogP contribution is -2.36. The number of nitrogens with one attached hydrogen (secondary N) is 2. The minimum Gasteiger partial charge on any atom is -0.355 e. The Morgan fingerprint density at radius 1 is 1.50 bits per heavy atom. The molecule has 1 fully saturated rings. The zero-order valence-corrected chi connectivity index (χ0v) is 6.10. The molecule has 0 saturated carbocycles. The molecule has 1 aliphatic heterocycles. The Morgan fingerprint density at radius 3 is 3.20 bits per heavy atom. The SMILES string of the molecule is O=CNC1CCCCNC1. The van der Waals surface area contributed by atoms with E-state index >= 15 is 0 Å². The third-order valence-corrected chi connectivity index (χ3v) is 1.85. The highest BCUT2D eigenvalue weighted by atomic mass is 16.1. The van der Waals surface area contributed by atoms with Crippen LogP contribution in [0.2, 0.25) is 0 Å². The molecule has 0 bridgehead atoms. The second kappa shape index (κ2) is 4.28. The maximum Gasteiger partial charge on any atom is 0.207 e. The molecular formula is C7H14N2O. The number of hydrogen-bond donors (Lipinski definition) is 2. The number of rotatable bonds is 2. The molecule has 0 aliphatic carbocycles. The Balaban J connectivity index is 2.21. The molecule has 1 aliphatic rings. The standard InChI is InChI=1S/C7H14N2O/c10-6-9-7-3-1-2-4-8-5-7/h6-8H,1-5H2,(H,9,10). The fourth-order valence-electron chi connectivity index (χ4n) is 1.26. The van der Waals surface area contributed by atoms with Crippen LogP contribution >= 0.6 is 0 Å². The summed E-state index contributed by atoms with van der Waals surface area (Å²) in [4.78, 5) is 10.0. The van der Waals surface area contributed by atoms with Gasteiger partial charge in [-0.05, 0) is 19.4 Å². The van der Waals surface area contributed by atoms with Gasteiger partial charge in [0.1, 0.15) is 0 Å². The van der Waals surface area contributed by atoms with Gasteiger partial charge in [0.2, 0.25) is 6.41 Å². The van der Waals surface area contributed by atoms with Crippen molar-refractivity contribution >= 4 is 6.41 Å². The lowest BCUT2D eigenvalue weighted by atomic mass is 10.1. The van der Waals surface area contributed by atoms with Crippen LogP contribution in [0.3, 0.4) is 0 Å². The molecule has 10 heavy (non-hydrogen) atoms. The molecule has 0 aromatic rings. The maximum absolute atomic E-state index is 10.0. The Labute approximate surface area is 61.2 Å². The fourth-order valence-corrected chi connectivity index (χ4v) is 1.26. The van der Waals surface area contributed by atoms with E-state index in [0.29, 0.717) is 6.04 Å². The van der Waals surface area contributed by atoms with Gasteiger partial charge < -0.3 is 10.6 Å². The average Bonchev–Trinajstić information content (AvgIpc) is 2.17. The summed E-state index contributed by atoms with van der Waals surface area (Å²) in [5, 5.41) is 6.04. The van der Waals surface area contributed by atoms with Gasteiger partial charge in [-0.25, -0.2) is 0 Å². The van der Waals surface area contributed by atoms with E-state index in [1.165, 1.54) is 12.8 Å². The van der Waals surface area contributed by atoms with Gasteiger partial charge in [-0.3, -0.25) is 4.79 Å². The van der Waals surface area contributed by atoms with Gasteiger partial charge in [0.15, 0.2) is 0 Å². The van der Waals surface area contributed by atoms with Crippen LogP contribution in [0.5, 0.6) is 0 Å². The van der Waals surface area contributed by atoms with Crippen molar-refractivity contribution in [2.45, 2.75) is 25.3 Å². The van der Waals surface area contributed by atoms with Gasteiger partial charge in [0, 0.05) is 12.6 Å². The number of carbonyl (C=O) groups is 1. The summed E-state index contributed by atoms with van der Waals surface area (Å²) in [6.45, 7) is 2.02. The van der Waals surface area contributed by atoms with Crippen molar-refractivity contribution in [3.8, 4) is 0 Å². The molecule has 3 heteroatoms. The molecule has 58 valence electrons. The third-order valence-electron chi connectivity index (χ3n) is 1.85. The summed E-state index contributed by atoms with van der Waals surface area (Å²) in [5.74, 6) is 0. The van der Waals surface area contributed by atoms with E-state index in [1.54, 1.807) is 0 Å². The Hall–Kier alpha value is -0.570. The molecule has 0 radical (unpaired) electrons. The summed E-state index contributed by atoms with van der Waals surface area (Å²) in [6, 6.07) is 0.361. The van der Waals surface area contributed by atoms with E-state index in [1.807, 2.05) is 0 Å². The highest BCUT2D eigenvalue weighted by Crippen LogP contribution is 2.02. The van der Waals surface area contributed by atoms with Gasteiger partial charge in [-0.1, -0.05) is 6.42 Å². The quantitative estimate of drug-likeness (QED) is 0.527. The molecule has 0 aromatic heterocycles. The first kappa shape index (κ1) is 7.54. The second-order valence-corrected chi connectivity index (χ2v) is 2.68. The van der Waals surface area contributed by atoms with Crippen LogP contribution in [0.15, 0.2) is 0 Å². The summed E-state index contributed by atoms with van der Waals surface area (Å²) in [5.41, 5.74) is 0. The van der Waals surface area contributed by atoms with Crippen molar-refractivity contribution in [1.82, 2.24) is 10.6 Å². The van der Waals surface area contributed by atoms with E-state index in [9.17, 15) is 4.79 Å². The zero-order valence-electron chi connectivity index (χ0n) is 6.10. The molecule has 1 heterocycles. The smallest absolute Gasteiger partial charge is 0.207 e. The van der Waals surface area contributed by atoms with Crippen LogP contribution in [0.1, 0.15) is 19.3 Å². The molecule has 0 aromatic carbocycles. The lowest BCUT2D eigenvalue weighted by molar-refractivity contribution is -0.110. The number of hydrogen-bond acceptors (Lipinski definition) is 2. The van der Waals surface area contributed by atoms with E-state index in [4.69, 9.17) is 0 Å². The third kappa shape index (κ3) is 2.35. The molecular weight excluding hydrogens is 128 g/mol. The van der Waals surface area contributed by atoms with Crippen molar-refractivity contribution in [2.24, 2.45) is 0 Å². The Bertz CT molecular complexity index is 97.8. The normalized spacial score (nSPS) is 27.0. The predicted molar refractivity (Wildman–Crippen MR) is 39.7 cm³/mol. The van der Waals surface area contributed by atoms with Gasteiger partial charge in [0.25, 0.3) is 0 Å². The first-order valence-corrected chi connectivity index (χ1v) is 3.84. The maximum atomic E-state index is 10.0. The molecule has 1 atom stereocenters. The van der Waals surface area contributed by atoms with Gasteiger partial charge in [-0.15, -0.1) is 0 Å². The first-order chi connectivity index (χ1) is 4.93. The summed E-state index contributed by atoms with van der Waals surface area (Å²) in [7, 11) is 0. The van der Waals surface area contributed by atoms with Crippen LogP contribution in [0.4, 0.5) is 0 Å². The van der Waals surface area contributed by atoms with Crippen molar-refractivity contribution in [3.63, 3.8) is 0 Å². The van der Waals surface area contributed by atoms with E-state index in [-0.39, 0.29) is 0 Å². The summed E-state index contributed by atoms with van der Waals surface area (Å²) >= 11 is 0. The van der Waals surface area contributed by atoms with Gasteiger partial charge >= 0.3 is 0 Å². The predicted octanol–water partition coefficient (Wildman–Crippen LogP) is -0.126. The number of carbonyl (C=O) groups excluding carboxylic acids is 1. The molecule has 2 N–H and O–H groups in total. The summed E-state index contributed by atoms with van der Waals surface area (Å²) in [6.07, 6.45) is 4.36. The van der Waals surface area contributed by atoms with E-state index in [0.717, 1.165) is 25.9 Å². The molecule has 3 nitrogen and oxygen atoms in total. The van der Waals surface area contributed by atoms with Crippen molar-refractivity contribution < 1.29 is 4.79 Å². The highest BCUT2D eigenvalue weighted by molar-refractivity contribution is 5.46. The Kier molecular flexibility index (Phi) is 3.22. The molecule has 1 amide bonds. The van der Waals surface area contributed by atoms with Crippen molar-refractivity contribution in [1.29, 1.82) is 0 Å². The second-order valence-electron chi connectivity index (χ2n) is 2.68. The van der Waals surface area contributed by atoms with E-state index < -0.39 is 0 Å². The van der Waals surface area contributed by atoms with E-state index in [2.05, 4.69) is 10.6 Å². The van der Waals surface area contributed by atoms with Crippen LogP contribution in [-0.4, -0.2) is 25.5 Å². The van der Waals surface area contributed by atoms with Crippen molar-refractivity contribution in [2.75, 3.05) is 13.1 Å². The van der Waals surface area contributed by atoms with Crippen LogP contribution in [0, 0.1) is 0 Å². The largest absolute Gasteiger partial charge is 0.355 e.